The Morgan fingerprint density at radius 2 is 1.80 bits per heavy atom. The quantitative estimate of drug-likeness (QED) is 0.523. The van der Waals surface area contributed by atoms with Crippen molar-refractivity contribution in [1.82, 2.24) is 4.31 Å². The van der Waals surface area contributed by atoms with E-state index in [1.807, 2.05) is 42.3 Å². The van der Waals surface area contributed by atoms with Crippen molar-refractivity contribution in [2.45, 2.75) is 13.8 Å². The average molecular weight is 225 g/mol. The van der Waals surface area contributed by atoms with Crippen molar-refractivity contribution in [2.24, 2.45) is 0 Å². The summed E-state index contributed by atoms with van der Waals surface area (Å²) in [6, 6.07) is 9.96. The third-order valence-corrected chi connectivity index (χ3v) is 3.31. The van der Waals surface area contributed by atoms with Crippen LogP contribution < -0.4 is 4.74 Å². The van der Waals surface area contributed by atoms with Crippen LogP contribution in [-0.2, 0) is 0 Å². The molecule has 1 rings (SSSR count). The Morgan fingerprint density at radius 3 is 2.40 bits per heavy atom. The molecule has 0 aromatic heterocycles. The van der Waals surface area contributed by atoms with Gasteiger partial charge in [-0.25, -0.2) is 0 Å². The van der Waals surface area contributed by atoms with E-state index >= 15 is 0 Å². The summed E-state index contributed by atoms with van der Waals surface area (Å²) < 4.78 is 7.93. The molecule has 2 nitrogen and oxygen atoms in total. The molecule has 0 bridgehead atoms. The van der Waals surface area contributed by atoms with Crippen LogP contribution in [-0.4, -0.2) is 29.8 Å². The van der Waals surface area contributed by atoms with Crippen molar-refractivity contribution in [3.05, 3.63) is 30.3 Å². The van der Waals surface area contributed by atoms with Crippen molar-refractivity contribution in [1.29, 1.82) is 0 Å². The van der Waals surface area contributed by atoms with E-state index in [0.717, 1.165) is 31.2 Å². The summed E-state index contributed by atoms with van der Waals surface area (Å²) in [7, 11) is 0. The largest absolute Gasteiger partial charge is 0.493 e. The molecule has 1 aromatic rings. The normalized spacial score (nSPS) is 10.6. The Hall–Kier alpha value is -0.670. The van der Waals surface area contributed by atoms with Crippen molar-refractivity contribution in [2.75, 3.05) is 25.4 Å². The summed E-state index contributed by atoms with van der Waals surface area (Å²) in [5.41, 5.74) is 0. The fourth-order valence-corrected chi connectivity index (χ4v) is 2.03. The summed E-state index contributed by atoms with van der Waals surface area (Å²) in [5.74, 6) is 1.97. The van der Waals surface area contributed by atoms with Gasteiger partial charge >= 0.3 is 0 Å². The van der Waals surface area contributed by atoms with Gasteiger partial charge in [-0.2, -0.15) is 0 Å². The van der Waals surface area contributed by atoms with E-state index in [1.54, 1.807) is 0 Å². The topological polar surface area (TPSA) is 12.5 Å². The molecule has 0 aliphatic heterocycles. The highest BCUT2D eigenvalue weighted by Crippen LogP contribution is 2.11. The van der Waals surface area contributed by atoms with Gasteiger partial charge in [0.25, 0.3) is 0 Å². The van der Waals surface area contributed by atoms with Gasteiger partial charge in [-0.3, -0.25) is 4.31 Å². The van der Waals surface area contributed by atoms with E-state index in [9.17, 15) is 0 Å². The van der Waals surface area contributed by atoms with E-state index in [2.05, 4.69) is 18.2 Å². The van der Waals surface area contributed by atoms with Crippen LogP contribution in [0.2, 0.25) is 0 Å². The van der Waals surface area contributed by atoms with Crippen LogP contribution in [0.5, 0.6) is 5.75 Å². The minimum Gasteiger partial charge on any atom is -0.493 e. The van der Waals surface area contributed by atoms with Gasteiger partial charge in [0.2, 0.25) is 0 Å². The molecular formula is C12H19NOS. The smallest absolute Gasteiger partial charge is 0.119 e. The third kappa shape index (κ3) is 5.09. The van der Waals surface area contributed by atoms with E-state index in [4.69, 9.17) is 4.74 Å². The van der Waals surface area contributed by atoms with Crippen LogP contribution in [0.1, 0.15) is 13.8 Å². The second kappa shape index (κ2) is 7.60. The molecule has 3 heteroatoms. The molecule has 0 heterocycles. The SMILES string of the molecule is CCN(CC)SCCOc1ccccc1. The summed E-state index contributed by atoms with van der Waals surface area (Å²) in [6.07, 6.45) is 0. The van der Waals surface area contributed by atoms with Crippen LogP contribution in [0, 0.1) is 0 Å². The Labute approximate surface area is 96.8 Å². The molecule has 84 valence electrons. The second-order valence-electron chi connectivity index (χ2n) is 3.11. The Kier molecular flexibility index (Phi) is 6.28. The summed E-state index contributed by atoms with van der Waals surface area (Å²) >= 11 is 1.85. The van der Waals surface area contributed by atoms with Crippen LogP contribution in [0.4, 0.5) is 0 Å². The summed E-state index contributed by atoms with van der Waals surface area (Å²) in [6.45, 7) is 7.30. The number of hydrogen-bond acceptors (Lipinski definition) is 3. The van der Waals surface area contributed by atoms with E-state index in [1.165, 1.54) is 0 Å². The maximum absolute atomic E-state index is 5.60. The lowest BCUT2D eigenvalue weighted by Crippen LogP contribution is -2.16. The van der Waals surface area contributed by atoms with Gasteiger partial charge in [0.05, 0.1) is 6.61 Å². The standard InChI is InChI=1S/C12H19NOS/c1-3-13(4-2)15-11-10-14-12-8-6-5-7-9-12/h5-9H,3-4,10-11H2,1-2H3. The van der Waals surface area contributed by atoms with Crippen LogP contribution in [0.25, 0.3) is 0 Å². The summed E-state index contributed by atoms with van der Waals surface area (Å²) in [5, 5.41) is 0. The molecule has 0 radical (unpaired) electrons. The number of hydrogen-bond donors (Lipinski definition) is 0. The number of ether oxygens (including phenoxy) is 1. The lowest BCUT2D eigenvalue weighted by atomic mass is 10.3. The van der Waals surface area contributed by atoms with E-state index in [0.29, 0.717) is 0 Å². The average Bonchev–Trinajstić information content (AvgIpc) is 2.31. The molecule has 0 spiro atoms. The molecule has 0 aliphatic rings. The van der Waals surface area contributed by atoms with Crippen molar-refractivity contribution >= 4 is 11.9 Å². The maximum atomic E-state index is 5.60. The predicted molar refractivity (Wildman–Crippen MR) is 67.3 cm³/mol. The van der Waals surface area contributed by atoms with Gasteiger partial charge < -0.3 is 4.74 Å². The fraction of sp³-hybridized carbons (Fsp3) is 0.500. The predicted octanol–water partition coefficient (Wildman–Crippen LogP) is 3.06. The highest BCUT2D eigenvalue weighted by atomic mass is 32.2. The Balaban J connectivity index is 2.12. The van der Waals surface area contributed by atoms with Gasteiger partial charge in [0.15, 0.2) is 0 Å². The van der Waals surface area contributed by atoms with Gasteiger partial charge in [0, 0.05) is 18.8 Å². The third-order valence-electron chi connectivity index (χ3n) is 2.07. The zero-order chi connectivity index (χ0) is 10.9. The number of benzene rings is 1. The minimum absolute atomic E-state index is 0.769. The molecule has 0 saturated carbocycles. The number of para-hydroxylation sites is 1. The van der Waals surface area contributed by atoms with Crippen molar-refractivity contribution in [3.8, 4) is 5.75 Å². The monoisotopic (exact) mass is 225 g/mol. The van der Waals surface area contributed by atoms with Gasteiger partial charge in [-0.15, -0.1) is 0 Å². The van der Waals surface area contributed by atoms with Crippen molar-refractivity contribution < 1.29 is 4.74 Å². The van der Waals surface area contributed by atoms with Crippen LogP contribution in [0.15, 0.2) is 30.3 Å². The first-order valence-corrected chi connectivity index (χ1v) is 6.36. The van der Waals surface area contributed by atoms with Crippen molar-refractivity contribution in [3.63, 3.8) is 0 Å². The molecule has 0 N–H and O–H groups in total. The fourth-order valence-electron chi connectivity index (χ4n) is 1.25. The first kappa shape index (κ1) is 12.4. The molecule has 15 heavy (non-hydrogen) atoms. The van der Waals surface area contributed by atoms with Gasteiger partial charge in [-0.05, 0) is 12.1 Å². The van der Waals surface area contributed by atoms with E-state index < -0.39 is 0 Å². The molecule has 0 amide bonds. The molecule has 0 atom stereocenters. The molecule has 0 saturated heterocycles. The molecule has 0 aliphatic carbocycles. The molecule has 0 unspecified atom stereocenters. The highest BCUT2D eigenvalue weighted by molar-refractivity contribution is 7.97. The molecule has 1 aromatic carbocycles. The first-order valence-electron chi connectivity index (χ1n) is 5.42. The molecule has 0 fully saturated rings. The van der Waals surface area contributed by atoms with Gasteiger partial charge in [0.1, 0.15) is 5.75 Å². The Bertz CT molecular complexity index is 249. The number of nitrogens with zero attached hydrogens (tertiary/aromatic N) is 1. The minimum atomic E-state index is 0.769. The lowest BCUT2D eigenvalue weighted by Gasteiger charge is -2.16. The van der Waals surface area contributed by atoms with E-state index in [-0.39, 0.29) is 0 Å². The Morgan fingerprint density at radius 1 is 1.13 bits per heavy atom. The second-order valence-corrected chi connectivity index (χ2v) is 4.29. The van der Waals surface area contributed by atoms with Gasteiger partial charge in [-0.1, -0.05) is 44.0 Å². The zero-order valence-electron chi connectivity index (χ0n) is 9.48. The molecular weight excluding hydrogens is 206 g/mol. The zero-order valence-corrected chi connectivity index (χ0v) is 10.3. The highest BCUT2D eigenvalue weighted by Gasteiger charge is 1.99. The lowest BCUT2D eigenvalue weighted by molar-refractivity contribution is 0.342. The first-order chi connectivity index (χ1) is 7.36. The number of rotatable bonds is 7. The summed E-state index contributed by atoms with van der Waals surface area (Å²) in [4.78, 5) is 0. The van der Waals surface area contributed by atoms with Crippen LogP contribution in [0.3, 0.4) is 0 Å². The maximum Gasteiger partial charge on any atom is 0.119 e. The van der Waals surface area contributed by atoms with Crippen LogP contribution >= 0.6 is 11.9 Å².